The van der Waals surface area contributed by atoms with Crippen LogP contribution in [0, 0.1) is 11.7 Å². The molecule has 2 N–H and O–H groups in total. The molecule has 0 spiro atoms. The zero-order chi connectivity index (χ0) is 23.1. The van der Waals surface area contributed by atoms with Crippen molar-refractivity contribution in [3.8, 4) is 0 Å². The summed E-state index contributed by atoms with van der Waals surface area (Å²) in [5.41, 5.74) is 0.0234. The predicted octanol–water partition coefficient (Wildman–Crippen LogP) is 6.07. The number of halogens is 5. The third-order valence-corrected chi connectivity index (χ3v) is 6.87. The van der Waals surface area contributed by atoms with Crippen molar-refractivity contribution in [1.82, 2.24) is 10.2 Å². The van der Waals surface area contributed by atoms with E-state index in [4.69, 9.17) is 0 Å². The lowest BCUT2D eigenvalue weighted by Gasteiger charge is -2.36. The molecule has 2 aromatic carbocycles. The second-order valence-corrected chi connectivity index (χ2v) is 9.41. The summed E-state index contributed by atoms with van der Waals surface area (Å²) in [6.07, 6.45) is -0.785. The van der Waals surface area contributed by atoms with Crippen molar-refractivity contribution >= 4 is 34.3 Å². The Morgan fingerprint density at radius 2 is 1.84 bits per heavy atom. The number of hydrogen-bond donors (Lipinski definition) is 2. The molecule has 9 heteroatoms. The molecule has 32 heavy (non-hydrogen) atoms. The highest BCUT2D eigenvalue weighted by atomic mass is 127. The van der Waals surface area contributed by atoms with Crippen molar-refractivity contribution < 1.29 is 22.4 Å². The van der Waals surface area contributed by atoms with Gasteiger partial charge in [0.15, 0.2) is 0 Å². The quantitative estimate of drug-likeness (QED) is 0.141. The molecule has 2 atom stereocenters. The number of likely N-dealkylation sites (tertiary alicyclic amines) is 1. The predicted molar refractivity (Wildman–Crippen MR) is 125 cm³/mol. The van der Waals surface area contributed by atoms with Gasteiger partial charge < -0.3 is 10.6 Å². The number of anilines is 1. The normalized spacial score (nSPS) is 19.5. The number of nitrogens with zero attached hydrogens (tertiary/aromatic N) is 1. The van der Waals surface area contributed by atoms with Gasteiger partial charge in [-0.3, -0.25) is 4.90 Å². The summed E-state index contributed by atoms with van der Waals surface area (Å²) in [5, 5.41) is 4.92. The maximum absolute atomic E-state index is 13.1. The summed E-state index contributed by atoms with van der Waals surface area (Å²) in [6.45, 7) is 2.12. The van der Waals surface area contributed by atoms with E-state index in [0.29, 0.717) is 22.9 Å². The largest absolute Gasteiger partial charge is 0.418 e. The van der Waals surface area contributed by atoms with E-state index in [9.17, 15) is 22.4 Å². The minimum atomic E-state index is -4.53. The second-order valence-electron chi connectivity index (χ2n) is 7.97. The van der Waals surface area contributed by atoms with E-state index in [-0.39, 0.29) is 11.5 Å². The van der Waals surface area contributed by atoms with Gasteiger partial charge in [0.2, 0.25) is 0 Å². The van der Waals surface area contributed by atoms with Crippen LogP contribution in [0.25, 0.3) is 0 Å². The second kappa shape index (κ2) is 11.3. The van der Waals surface area contributed by atoms with Crippen LogP contribution in [0.5, 0.6) is 0 Å². The minimum Gasteiger partial charge on any atom is -0.338 e. The molecule has 2 amide bonds. The number of carbonyl (C=O) groups is 1. The number of nitrogens with one attached hydrogen (secondary N) is 2. The molecule has 4 nitrogen and oxygen atoms in total. The number of amides is 2. The molecule has 3 rings (SSSR count). The van der Waals surface area contributed by atoms with E-state index in [1.165, 1.54) is 30.3 Å². The van der Waals surface area contributed by atoms with Crippen LogP contribution in [-0.2, 0) is 12.6 Å². The highest BCUT2D eigenvalue weighted by Gasteiger charge is 2.33. The van der Waals surface area contributed by atoms with Gasteiger partial charge in [0, 0.05) is 13.1 Å². The van der Waals surface area contributed by atoms with Gasteiger partial charge in [-0.05, 0) is 68.0 Å². The van der Waals surface area contributed by atoms with Gasteiger partial charge in [-0.15, -0.1) is 0 Å². The van der Waals surface area contributed by atoms with Gasteiger partial charge >= 0.3 is 12.2 Å². The first-order valence-corrected chi connectivity index (χ1v) is 11.8. The SMILES string of the molecule is O=C(NCCCN1CCC(Cc2ccc(F)cc2)CC1I)Nc1ccccc1C(F)(F)F. The smallest absolute Gasteiger partial charge is 0.338 e. The summed E-state index contributed by atoms with van der Waals surface area (Å²) in [4.78, 5) is 14.4. The first kappa shape index (κ1) is 24.8. The van der Waals surface area contributed by atoms with Crippen LogP contribution in [0.2, 0.25) is 0 Å². The average molecular weight is 563 g/mol. The Morgan fingerprint density at radius 3 is 2.53 bits per heavy atom. The molecule has 0 radical (unpaired) electrons. The van der Waals surface area contributed by atoms with E-state index in [1.54, 1.807) is 0 Å². The first-order valence-electron chi connectivity index (χ1n) is 10.6. The van der Waals surface area contributed by atoms with Crippen molar-refractivity contribution in [2.75, 3.05) is 25.0 Å². The highest BCUT2D eigenvalue weighted by Crippen LogP contribution is 2.34. The number of benzene rings is 2. The van der Waals surface area contributed by atoms with E-state index in [0.717, 1.165) is 44.0 Å². The zero-order valence-corrected chi connectivity index (χ0v) is 19.6. The third kappa shape index (κ3) is 7.33. The molecule has 1 aliphatic rings. The van der Waals surface area contributed by atoms with Crippen LogP contribution in [0.3, 0.4) is 0 Å². The van der Waals surface area contributed by atoms with Crippen molar-refractivity contribution in [2.24, 2.45) is 5.92 Å². The van der Waals surface area contributed by atoms with Crippen LogP contribution < -0.4 is 10.6 Å². The van der Waals surface area contributed by atoms with Crippen molar-refractivity contribution in [1.29, 1.82) is 0 Å². The summed E-state index contributed by atoms with van der Waals surface area (Å²) in [6, 6.07) is 10.9. The van der Waals surface area contributed by atoms with Crippen molar-refractivity contribution in [3.05, 3.63) is 65.5 Å². The molecule has 174 valence electrons. The topological polar surface area (TPSA) is 44.4 Å². The number of carbonyl (C=O) groups excluding carboxylic acids is 1. The van der Waals surface area contributed by atoms with Gasteiger partial charge in [-0.2, -0.15) is 13.2 Å². The molecule has 2 aromatic rings. The van der Waals surface area contributed by atoms with Gasteiger partial charge in [-0.25, -0.2) is 9.18 Å². The summed E-state index contributed by atoms with van der Waals surface area (Å²) >= 11 is 2.43. The molecule has 0 aliphatic carbocycles. The molecule has 1 aliphatic heterocycles. The maximum atomic E-state index is 13.1. The molecular formula is C23H26F4IN3O. The van der Waals surface area contributed by atoms with E-state index < -0.39 is 17.8 Å². The first-order chi connectivity index (χ1) is 15.2. The summed E-state index contributed by atoms with van der Waals surface area (Å²) in [7, 11) is 0. The summed E-state index contributed by atoms with van der Waals surface area (Å²) in [5.74, 6) is 0.332. The van der Waals surface area contributed by atoms with Crippen LogP contribution in [0.15, 0.2) is 48.5 Å². The fourth-order valence-electron chi connectivity index (χ4n) is 3.91. The maximum Gasteiger partial charge on any atom is 0.418 e. The van der Waals surface area contributed by atoms with E-state index >= 15 is 0 Å². The number of hydrogen-bond acceptors (Lipinski definition) is 2. The minimum absolute atomic E-state index is 0.220. The average Bonchev–Trinajstić information content (AvgIpc) is 2.74. The van der Waals surface area contributed by atoms with Crippen LogP contribution in [0.4, 0.5) is 28.0 Å². The van der Waals surface area contributed by atoms with Gasteiger partial charge in [-0.1, -0.05) is 46.9 Å². The Labute approximate surface area is 198 Å². The molecule has 1 fully saturated rings. The number of piperidine rings is 1. The molecule has 0 saturated carbocycles. The van der Waals surface area contributed by atoms with Gasteiger partial charge in [0.1, 0.15) is 5.82 Å². The van der Waals surface area contributed by atoms with Crippen LogP contribution in [0.1, 0.15) is 30.4 Å². The molecule has 0 aromatic heterocycles. The zero-order valence-electron chi connectivity index (χ0n) is 17.5. The number of rotatable bonds is 7. The lowest BCUT2D eigenvalue weighted by molar-refractivity contribution is -0.136. The van der Waals surface area contributed by atoms with E-state index in [1.807, 2.05) is 12.1 Å². The van der Waals surface area contributed by atoms with Crippen LogP contribution >= 0.6 is 22.6 Å². The number of alkyl halides is 4. The fourth-order valence-corrected chi connectivity index (χ4v) is 5.19. The summed E-state index contributed by atoms with van der Waals surface area (Å²) < 4.78 is 52.5. The van der Waals surface area contributed by atoms with Crippen molar-refractivity contribution in [2.45, 2.75) is 35.9 Å². The highest BCUT2D eigenvalue weighted by molar-refractivity contribution is 14.1. The standard InChI is InChI=1S/C23H26F4IN3O/c24-18-8-6-16(7-9-18)14-17-10-13-31(21(28)15-17)12-3-11-29-22(32)30-20-5-2-1-4-19(20)23(25,26)27/h1-2,4-9,17,21H,3,10-15H2,(H2,29,30,32). The molecule has 1 heterocycles. The third-order valence-electron chi connectivity index (χ3n) is 5.57. The number of urea groups is 1. The number of para-hydroxylation sites is 1. The van der Waals surface area contributed by atoms with Gasteiger partial charge in [0.25, 0.3) is 0 Å². The van der Waals surface area contributed by atoms with E-state index in [2.05, 4.69) is 38.1 Å². The molecular weight excluding hydrogens is 537 g/mol. The Balaban J connectivity index is 1.37. The monoisotopic (exact) mass is 563 g/mol. The van der Waals surface area contributed by atoms with Gasteiger partial charge in [0.05, 0.1) is 15.3 Å². The Kier molecular flexibility index (Phi) is 8.75. The molecule has 2 unspecified atom stereocenters. The molecule has 0 bridgehead atoms. The van der Waals surface area contributed by atoms with Crippen LogP contribution in [-0.4, -0.2) is 34.6 Å². The Hall–Kier alpha value is -1.88. The molecule has 1 saturated heterocycles. The lowest BCUT2D eigenvalue weighted by Crippen LogP contribution is -2.41. The Morgan fingerprint density at radius 1 is 1.12 bits per heavy atom. The lowest BCUT2D eigenvalue weighted by atomic mass is 9.90. The van der Waals surface area contributed by atoms with Crippen molar-refractivity contribution in [3.63, 3.8) is 0 Å². The Bertz CT molecular complexity index is 892. The fraction of sp³-hybridized carbons (Fsp3) is 0.435.